The van der Waals surface area contributed by atoms with Gasteiger partial charge in [-0.1, -0.05) is 0 Å². The summed E-state index contributed by atoms with van der Waals surface area (Å²) < 4.78 is 5.28. The van der Waals surface area contributed by atoms with Crippen LogP contribution in [0.5, 0.6) is 0 Å². The highest BCUT2D eigenvalue weighted by molar-refractivity contribution is 7.17. The zero-order valence-electron chi connectivity index (χ0n) is 7.15. The third-order valence-electron chi connectivity index (χ3n) is 1.66. The molecule has 0 aromatic carbocycles. The summed E-state index contributed by atoms with van der Waals surface area (Å²) >= 11 is 7.04. The summed E-state index contributed by atoms with van der Waals surface area (Å²) in [4.78, 5) is 19.1. The van der Waals surface area contributed by atoms with E-state index in [1.807, 2.05) is 5.38 Å². The molecule has 0 radical (unpaired) electrons. The van der Waals surface area contributed by atoms with E-state index in [9.17, 15) is 4.79 Å². The van der Waals surface area contributed by atoms with Gasteiger partial charge >= 0.3 is 5.97 Å². The third kappa shape index (κ3) is 1.44. The monoisotopic (exact) mass is 228 g/mol. The number of hydrogen-bond acceptors (Lipinski definition) is 5. The van der Waals surface area contributed by atoms with Gasteiger partial charge in [-0.2, -0.15) is 0 Å². The zero-order valence-corrected chi connectivity index (χ0v) is 8.72. The molecule has 4 nitrogen and oxygen atoms in total. The summed E-state index contributed by atoms with van der Waals surface area (Å²) in [6.45, 7) is 0. The molecule has 2 aromatic rings. The number of ether oxygens (including phenoxy) is 1. The van der Waals surface area contributed by atoms with Gasteiger partial charge in [0.25, 0.3) is 0 Å². The molecule has 0 spiro atoms. The molecule has 0 saturated carbocycles. The summed E-state index contributed by atoms with van der Waals surface area (Å²) in [5.41, 5.74) is 0.882. The van der Waals surface area contributed by atoms with E-state index < -0.39 is 5.97 Å². The van der Waals surface area contributed by atoms with Crippen LogP contribution in [0.15, 0.2) is 11.4 Å². The van der Waals surface area contributed by atoms with Crippen LogP contribution in [0.3, 0.4) is 0 Å². The number of thiophene rings is 1. The minimum Gasteiger partial charge on any atom is -0.464 e. The van der Waals surface area contributed by atoms with Crippen LogP contribution in [0.4, 0.5) is 0 Å². The lowest BCUT2D eigenvalue weighted by atomic mass is 10.3. The number of aromatic nitrogens is 2. The maximum Gasteiger partial charge on any atom is 0.358 e. The number of hydrogen-bond donors (Lipinski definition) is 0. The Morgan fingerprint density at radius 3 is 3.07 bits per heavy atom. The maximum absolute atomic E-state index is 11.3. The standard InChI is InChI=1S/C8H5ClN2O2S/c1-13-7(12)5-6-4(2-3-14-6)10-8(9)11-5/h2-3H,1H3. The van der Waals surface area contributed by atoms with Gasteiger partial charge in [-0.05, 0) is 23.0 Å². The first kappa shape index (κ1) is 9.36. The van der Waals surface area contributed by atoms with Gasteiger partial charge in [-0.15, -0.1) is 11.3 Å². The first-order chi connectivity index (χ1) is 6.72. The van der Waals surface area contributed by atoms with Crippen LogP contribution in [-0.2, 0) is 4.74 Å². The molecule has 0 saturated heterocycles. The lowest BCUT2D eigenvalue weighted by Gasteiger charge is -1.99. The molecule has 0 amide bonds. The Bertz CT molecular complexity index is 497. The van der Waals surface area contributed by atoms with Crippen LogP contribution in [0.25, 0.3) is 10.2 Å². The van der Waals surface area contributed by atoms with E-state index in [2.05, 4.69) is 14.7 Å². The van der Waals surface area contributed by atoms with Crippen molar-refractivity contribution in [2.75, 3.05) is 7.11 Å². The molecule has 2 heterocycles. The molecule has 2 aromatic heterocycles. The Labute approximate surface area is 88.5 Å². The van der Waals surface area contributed by atoms with E-state index in [1.165, 1.54) is 18.4 Å². The molecule has 6 heteroatoms. The van der Waals surface area contributed by atoms with Crippen LogP contribution in [0.2, 0.25) is 5.28 Å². The SMILES string of the molecule is COC(=O)c1nc(Cl)nc2ccsc12. The van der Waals surface area contributed by atoms with Gasteiger partial charge in [0.2, 0.25) is 5.28 Å². The van der Waals surface area contributed by atoms with Crippen molar-refractivity contribution in [3.63, 3.8) is 0 Å². The van der Waals surface area contributed by atoms with Gasteiger partial charge in [-0.3, -0.25) is 0 Å². The fourth-order valence-electron chi connectivity index (χ4n) is 1.07. The van der Waals surface area contributed by atoms with Crippen molar-refractivity contribution in [1.29, 1.82) is 0 Å². The molecular formula is C8H5ClN2O2S. The Balaban J connectivity index is 2.72. The third-order valence-corrected chi connectivity index (χ3v) is 2.73. The molecule has 0 atom stereocenters. The Hall–Kier alpha value is -1.20. The van der Waals surface area contributed by atoms with Gasteiger partial charge in [0, 0.05) is 0 Å². The van der Waals surface area contributed by atoms with Crippen LogP contribution in [0, 0.1) is 0 Å². The molecular weight excluding hydrogens is 224 g/mol. The Morgan fingerprint density at radius 2 is 2.36 bits per heavy atom. The summed E-state index contributed by atoms with van der Waals surface area (Å²) in [7, 11) is 1.30. The summed E-state index contributed by atoms with van der Waals surface area (Å²) in [6, 6.07) is 1.78. The summed E-state index contributed by atoms with van der Waals surface area (Å²) in [5, 5.41) is 1.87. The van der Waals surface area contributed by atoms with Crippen LogP contribution >= 0.6 is 22.9 Å². The highest BCUT2D eigenvalue weighted by Crippen LogP contribution is 2.23. The average molecular weight is 229 g/mol. The number of carbonyl (C=O) groups is 1. The van der Waals surface area contributed by atoms with Crippen molar-refractivity contribution in [1.82, 2.24) is 9.97 Å². The fraction of sp³-hybridized carbons (Fsp3) is 0.125. The largest absolute Gasteiger partial charge is 0.464 e. The van der Waals surface area contributed by atoms with Crippen LogP contribution < -0.4 is 0 Å². The van der Waals surface area contributed by atoms with Gasteiger partial charge in [-0.25, -0.2) is 14.8 Å². The van der Waals surface area contributed by atoms with Gasteiger partial charge in [0.05, 0.1) is 17.3 Å². The Kier molecular flexibility index (Phi) is 2.35. The second kappa shape index (κ2) is 3.51. The van der Waals surface area contributed by atoms with Crippen molar-refractivity contribution >= 4 is 39.1 Å². The summed E-state index contributed by atoms with van der Waals surface area (Å²) in [6.07, 6.45) is 0. The molecule has 0 fully saturated rings. The maximum atomic E-state index is 11.3. The second-order valence-electron chi connectivity index (χ2n) is 2.47. The quantitative estimate of drug-likeness (QED) is 0.554. The average Bonchev–Trinajstić information content (AvgIpc) is 2.62. The van der Waals surface area contributed by atoms with E-state index in [0.29, 0.717) is 10.2 Å². The topological polar surface area (TPSA) is 52.1 Å². The van der Waals surface area contributed by atoms with Gasteiger partial charge < -0.3 is 4.74 Å². The smallest absolute Gasteiger partial charge is 0.358 e. The second-order valence-corrected chi connectivity index (χ2v) is 3.72. The van der Waals surface area contributed by atoms with Gasteiger partial charge in [0.1, 0.15) is 0 Å². The first-order valence-electron chi connectivity index (χ1n) is 3.71. The number of rotatable bonds is 1. The lowest BCUT2D eigenvalue weighted by molar-refractivity contribution is 0.0596. The van der Waals surface area contributed by atoms with E-state index in [4.69, 9.17) is 11.6 Å². The molecule has 2 rings (SSSR count). The number of halogens is 1. The van der Waals surface area contributed by atoms with E-state index in [1.54, 1.807) is 6.07 Å². The zero-order chi connectivity index (χ0) is 10.1. The number of nitrogens with zero attached hydrogens (tertiary/aromatic N) is 2. The molecule has 72 valence electrons. The minimum atomic E-state index is -0.498. The van der Waals surface area contributed by atoms with E-state index >= 15 is 0 Å². The van der Waals surface area contributed by atoms with Crippen molar-refractivity contribution in [3.05, 3.63) is 22.4 Å². The minimum absolute atomic E-state index is 0.0521. The molecule has 0 bridgehead atoms. The molecule has 0 aliphatic carbocycles. The number of carbonyl (C=O) groups excluding carboxylic acids is 1. The van der Waals surface area contributed by atoms with Crippen molar-refractivity contribution in [2.24, 2.45) is 0 Å². The predicted molar refractivity (Wildman–Crippen MR) is 53.8 cm³/mol. The molecule has 0 N–H and O–H groups in total. The first-order valence-corrected chi connectivity index (χ1v) is 4.97. The molecule has 14 heavy (non-hydrogen) atoms. The van der Waals surface area contributed by atoms with Crippen molar-refractivity contribution in [3.8, 4) is 0 Å². The summed E-state index contributed by atoms with van der Waals surface area (Å²) in [5.74, 6) is -0.498. The highest BCUT2D eigenvalue weighted by atomic mass is 35.5. The number of esters is 1. The number of methoxy groups -OCH3 is 1. The highest BCUT2D eigenvalue weighted by Gasteiger charge is 2.15. The van der Waals surface area contributed by atoms with Crippen molar-refractivity contribution in [2.45, 2.75) is 0 Å². The predicted octanol–water partition coefficient (Wildman–Crippen LogP) is 2.13. The van der Waals surface area contributed by atoms with Crippen molar-refractivity contribution < 1.29 is 9.53 Å². The van der Waals surface area contributed by atoms with Crippen LogP contribution in [-0.4, -0.2) is 23.0 Å². The van der Waals surface area contributed by atoms with Gasteiger partial charge in [0.15, 0.2) is 5.69 Å². The normalized spacial score (nSPS) is 10.4. The fourth-order valence-corrected chi connectivity index (χ4v) is 2.05. The molecule has 0 aliphatic rings. The van der Waals surface area contributed by atoms with Crippen LogP contribution in [0.1, 0.15) is 10.5 Å². The molecule has 0 aliphatic heterocycles. The Morgan fingerprint density at radius 1 is 1.57 bits per heavy atom. The lowest BCUT2D eigenvalue weighted by Crippen LogP contribution is -2.05. The number of fused-ring (bicyclic) bond motifs is 1. The molecule has 0 unspecified atom stereocenters. The van der Waals surface area contributed by atoms with E-state index in [-0.39, 0.29) is 11.0 Å². The van der Waals surface area contributed by atoms with E-state index in [0.717, 1.165) is 0 Å².